The number of ether oxygens (including phenoxy) is 4. The average Bonchev–Trinajstić information content (AvgIpc) is 2.61. The molecule has 2 fully saturated rings. The summed E-state index contributed by atoms with van der Waals surface area (Å²) in [5.74, 6) is -3.08. The molecule has 1 aromatic rings. The molecule has 0 radical (unpaired) electrons. The molecular weight excluding hydrogens is 443 g/mol. The third-order valence-corrected chi connectivity index (χ3v) is 4.83. The van der Waals surface area contributed by atoms with Crippen molar-refractivity contribution in [3.8, 4) is 0 Å². The lowest BCUT2D eigenvalue weighted by atomic mass is 10.1. The monoisotopic (exact) mass is 460 g/mol. The first kappa shape index (κ1) is 20.9. The molecule has 3 rings (SSSR count). The molecule has 2 saturated heterocycles. The SMILES string of the molecule is FCCC1COC(C2COC(c3cc(F)c(C(F)(F)Br)c(F)c3)OC2)OC1. The minimum Gasteiger partial charge on any atom is -0.352 e. The Kier molecular flexibility index (Phi) is 6.73. The predicted molar refractivity (Wildman–Crippen MR) is 87.1 cm³/mol. The quantitative estimate of drug-likeness (QED) is 0.481. The van der Waals surface area contributed by atoms with Crippen molar-refractivity contribution in [1.29, 1.82) is 0 Å². The van der Waals surface area contributed by atoms with E-state index < -0.39 is 41.3 Å². The van der Waals surface area contributed by atoms with Crippen LogP contribution in [0.1, 0.15) is 23.8 Å². The van der Waals surface area contributed by atoms with Gasteiger partial charge in [-0.15, -0.1) is 0 Å². The van der Waals surface area contributed by atoms with E-state index in [0.717, 1.165) is 12.1 Å². The summed E-state index contributed by atoms with van der Waals surface area (Å²) in [4.78, 5) is -3.82. The van der Waals surface area contributed by atoms with Crippen molar-refractivity contribution in [2.45, 2.75) is 23.8 Å². The molecule has 0 bridgehead atoms. The molecule has 0 atom stereocenters. The van der Waals surface area contributed by atoms with E-state index in [1.54, 1.807) is 0 Å². The fourth-order valence-electron chi connectivity index (χ4n) is 3.02. The molecule has 0 N–H and O–H groups in total. The summed E-state index contributed by atoms with van der Waals surface area (Å²) in [6.45, 7) is 0.554. The number of halogens is 6. The Bertz CT molecular complexity index is 618. The maximum Gasteiger partial charge on any atom is 0.332 e. The van der Waals surface area contributed by atoms with E-state index in [1.807, 2.05) is 15.9 Å². The molecule has 27 heavy (non-hydrogen) atoms. The van der Waals surface area contributed by atoms with E-state index in [2.05, 4.69) is 0 Å². The first-order valence-electron chi connectivity index (χ1n) is 8.38. The summed E-state index contributed by atoms with van der Waals surface area (Å²) in [6, 6.07) is 1.52. The van der Waals surface area contributed by atoms with Gasteiger partial charge in [-0.05, 0) is 34.5 Å². The summed E-state index contributed by atoms with van der Waals surface area (Å²) in [5, 5.41) is 0. The standard InChI is InChI=1S/C17H18BrF5O4/c18-17(22,23)14-12(20)3-10(4-13(14)21)15-26-7-11(8-27-15)16-24-5-9(1-2-19)6-25-16/h3-4,9,11,15-16H,1-2,5-8H2. The molecule has 2 heterocycles. The highest BCUT2D eigenvalue weighted by Gasteiger charge is 2.37. The third-order valence-electron chi connectivity index (χ3n) is 4.44. The zero-order valence-corrected chi connectivity index (χ0v) is 15.7. The van der Waals surface area contributed by atoms with E-state index in [0.29, 0.717) is 19.6 Å². The van der Waals surface area contributed by atoms with Crippen molar-refractivity contribution >= 4 is 15.9 Å². The number of hydrogen-bond acceptors (Lipinski definition) is 4. The number of benzene rings is 1. The lowest BCUT2D eigenvalue weighted by Gasteiger charge is -2.37. The molecular formula is C17H18BrF5O4. The van der Waals surface area contributed by atoms with Crippen LogP contribution in [0.25, 0.3) is 0 Å². The van der Waals surface area contributed by atoms with Crippen LogP contribution in [0.2, 0.25) is 0 Å². The molecule has 0 saturated carbocycles. The van der Waals surface area contributed by atoms with E-state index in [4.69, 9.17) is 18.9 Å². The first-order valence-corrected chi connectivity index (χ1v) is 9.17. The maximum atomic E-state index is 13.9. The molecule has 10 heteroatoms. The van der Waals surface area contributed by atoms with Gasteiger partial charge in [0.2, 0.25) is 0 Å². The van der Waals surface area contributed by atoms with Crippen molar-refractivity contribution in [1.82, 2.24) is 0 Å². The second-order valence-electron chi connectivity index (χ2n) is 6.49. The highest BCUT2D eigenvalue weighted by atomic mass is 79.9. The average molecular weight is 461 g/mol. The van der Waals surface area contributed by atoms with Crippen molar-refractivity contribution in [2.24, 2.45) is 11.8 Å². The molecule has 0 aliphatic carbocycles. The van der Waals surface area contributed by atoms with Gasteiger partial charge in [0.15, 0.2) is 12.6 Å². The Labute approximate surface area is 161 Å². The van der Waals surface area contributed by atoms with E-state index in [1.165, 1.54) is 0 Å². The molecule has 2 aliphatic heterocycles. The summed E-state index contributed by atoms with van der Waals surface area (Å²) < 4.78 is 88.6. The largest absolute Gasteiger partial charge is 0.352 e. The second-order valence-corrected chi connectivity index (χ2v) is 7.49. The topological polar surface area (TPSA) is 36.9 Å². The Balaban J connectivity index is 1.58. The van der Waals surface area contributed by atoms with Crippen LogP contribution in [0.3, 0.4) is 0 Å². The highest BCUT2D eigenvalue weighted by Crippen LogP contribution is 2.39. The van der Waals surface area contributed by atoms with Crippen LogP contribution < -0.4 is 0 Å². The zero-order valence-electron chi connectivity index (χ0n) is 14.1. The van der Waals surface area contributed by atoms with Crippen LogP contribution in [0.15, 0.2) is 12.1 Å². The molecule has 2 aliphatic rings. The molecule has 152 valence electrons. The van der Waals surface area contributed by atoms with Gasteiger partial charge in [-0.3, -0.25) is 4.39 Å². The minimum atomic E-state index is -3.82. The highest BCUT2D eigenvalue weighted by molar-refractivity contribution is 9.09. The van der Waals surface area contributed by atoms with Crippen molar-refractivity contribution in [3.63, 3.8) is 0 Å². The Morgan fingerprint density at radius 2 is 1.52 bits per heavy atom. The fraction of sp³-hybridized carbons (Fsp3) is 0.647. The van der Waals surface area contributed by atoms with Gasteiger partial charge >= 0.3 is 4.83 Å². The van der Waals surface area contributed by atoms with Gasteiger partial charge in [-0.2, -0.15) is 8.78 Å². The molecule has 1 aromatic carbocycles. The van der Waals surface area contributed by atoms with Crippen LogP contribution >= 0.6 is 15.9 Å². The van der Waals surface area contributed by atoms with Gasteiger partial charge in [-0.1, -0.05) is 0 Å². The Morgan fingerprint density at radius 3 is 2.00 bits per heavy atom. The molecule has 0 aromatic heterocycles. The number of rotatable bonds is 5. The van der Waals surface area contributed by atoms with Crippen molar-refractivity contribution in [2.75, 3.05) is 33.1 Å². The zero-order chi connectivity index (χ0) is 19.6. The summed E-state index contributed by atoms with van der Waals surface area (Å²) in [7, 11) is 0. The minimum absolute atomic E-state index is 0.00134. The van der Waals surface area contributed by atoms with Crippen LogP contribution in [0, 0.1) is 23.5 Å². The van der Waals surface area contributed by atoms with Gasteiger partial charge in [0, 0.05) is 11.5 Å². The first-order chi connectivity index (χ1) is 12.8. The van der Waals surface area contributed by atoms with E-state index >= 15 is 0 Å². The van der Waals surface area contributed by atoms with Crippen LogP contribution in [-0.4, -0.2) is 39.4 Å². The van der Waals surface area contributed by atoms with Crippen LogP contribution in [0.4, 0.5) is 22.0 Å². The Hall–Kier alpha value is -0.810. The Morgan fingerprint density at radius 1 is 0.963 bits per heavy atom. The lowest BCUT2D eigenvalue weighted by Crippen LogP contribution is -2.43. The summed E-state index contributed by atoms with van der Waals surface area (Å²) in [5.41, 5.74) is -1.41. The normalized spacial score (nSPS) is 29.7. The molecule has 0 spiro atoms. The van der Waals surface area contributed by atoms with Gasteiger partial charge < -0.3 is 18.9 Å². The maximum absolute atomic E-state index is 13.9. The van der Waals surface area contributed by atoms with E-state index in [9.17, 15) is 22.0 Å². The molecule has 0 unspecified atom stereocenters. The number of hydrogen-bond donors (Lipinski definition) is 0. The van der Waals surface area contributed by atoms with E-state index in [-0.39, 0.29) is 30.6 Å². The van der Waals surface area contributed by atoms with Crippen LogP contribution in [0.5, 0.6) is 0 Å². The third kappa shape index (κ3) is 4.97. The van der Waals surface area contributed by atoms with Gasteiger partial charge in [0.05, 0.1) is 39.0 Å². The second kappa shape index (κ2) is 8.69. The number of alkyl halides is 4. The smallest absolute Gasteiger partial charge is 0.332 e. The van der Waals surface area contributed by atoms with Gasteiger partial charge in [-0.25, -0.2) is 8.78 Å². The van der Waals surface area contributed by atoms with Gasteiger partial charge in [0.1, 0.15) is 17.2 Å². The lowest BCUT2D eigenvalue weighted by molar-refractivity contribution is -0.283. The summed E-state index contributed by atoms with van der Waals surface area (Å²) >= 11 is 1.95. The molecule has 4 nitrogen and oxygen atoms in total. The fourth-order valence-corrected chi connectivity index (χ4v) is 3.40. The predicted octanol–water partition coefficient (Wildman–Crippen LogP) is 4.42. The van der Waals surface area contributed by atoms with Crippen molar-refractivity contribution in [3.05, 3.63) is 34.9 Å². The van der Waals surface area contributed by atoms with Crippen molar-refractivity contribution < 1.29 is 40.9 Å². The van der Waals surface area contributed by atoms with Crippen LogP contribution in [-0.2, 0) is 23.8 Å². The summed E-state index contributed by atoms with van der Waals surface area (Å²) in [6.07, 6.45) is -1.30. The molecule has 0 amide bonds. The van der Waals surface area contributed by atoms with Gasteiger partial charge in [0.25, 0.3) is 0 Å².